The number of benzene rings is 1. The average Bonchev–Trinajstić information content (AvgIpc) is 2.92. The molecule has 114 valence electrons. The minimum absolute atomic E-state index is 0.0622. The van der Waals surface area contributed by atoms with Gasteiger partial charge in [0.15, 0.2) is 5.82 Å². The Kier molecular flexibility index (Phi) is 3.27. The lowest BCUT2D eigenvalue weighted by atomic mass is 10.0. The lowest BCUT2D eigenvalue weighted by molar-refractivity contribution is -0.135. The van der Waals surface area contributed by atoms with Crippen LogP contribution in [0.5, 0.6) is 5.75 Å². The third-order valence-corrected chi connectivity index (χ3v) is 4.14. The molecular formula is C15H17N5O2. The Labute approximate surface area is 127 Å². The second kappa shape index (κ2) is 5.42. The zero-order valence-corrected chi connectivity index (χ0v) is 12.1. The van der Waals surface area contributed by atoms with Crippen molar-refractivity contribution in [3.8, 4) is 5.75 Å². The van der Waals surface area contributed by atoms with Crippen LogP contribution >= 0.6 is 0 Å². The zero-order valence-electron chi connectivity index (χ0n) is 12.1. The van der Waals surface area contributed by atoms with Gasteiger partial charge in [0.1, 0.15) is 24.7 Å². The summed E-state index contributed by atoms with van der Waals surface area (Å²) in [6.07, 6.45) is 1.71. The van der Waals surface area contributed by atoms with Crippen LogP contribution in [-0.2, 0) is 17.9 Å². The van der Waals surface area contributed by atoms with E-state index < -0.39 is 0 Å². The van der Waals surface area contributed by atoms with Crippen LogP contribution in [0.4, 0.5) is 0 Å². The Morgan fingerprint density at radius 1 is 1.32 bits per heavy atom. The number of rotatable bonds is 1. The highest BCUT2D eigenvalue weighted by Gasteiger charge is 2.31. The first-order valence-electron chi connectivity index (χ1n) is 7.43. The third kappa shape index (κ3) is 2.23. The van der Waals surface area contributed by atoms with Gasteiger partial charge >= 0.3 is 0 Å². The summed E-state index contributed by atoms with van der Waals surface area (Å²) in [5.74, 6) is 1.68. The number of aromatic nitrogens is 3. The van der Waals surface area contributed by atoms with E-state index in [1.54, 1.807) is 6.33 Å². The highest BCUT2D eigenvalue weighted by Crippen LogP contribution is 2.29. The molecule has 0 radical (unpaired) electrons. The van der Waals surface area contributed by atoms with Gasteiger partial charge in [-0.25, -0.2) is 0 Å². The van der Waals surface area contributed by atoms with Crippen LogP contribution in [0.1, 0.15) is 17.4 Å². The van der Waals surface area contributed by atoms with Crippen LogP contribution < -0.4 is 10.1 Å². The lowest BCUT2D eigenvalue weighted by Gasteiger charge is -2.30. The van der Waals surface area contributed by atoms with E-state index in [0.717, 1.165) is 23.7 Å². The fourth-order valence-corrected chi connectivity index (χ4v) is 2.98. The number of hydrogen-bond donors (Lipinski definition) is 1. The van der Waals surface area contributed by atoms with Crippen molar-refractivity contribution in [1.29, 1.82) is 0 Å². The van der Waals surface area contributed by atoms with E-state index in [2.05, 4.69) is 15.5 Å². The van der Waals surface area contributed by atoms with Crippen LogP contribution in [0.3, 0.4) is 0 Å². The van der Waals surface area contributed by atoms with E-state index in [1.165, 1.54) is 0 Å². The quantitative estimate of drug-likeness (QED) is 0.822. The fourth-order valence-electron chi connectivity index (χ4n) is 2.98. The Morgan fingerprint density at radius 3 is 3.18 bits per heavy atom. The topological polar surface area (TPSA) is 72.3 Å². The van der Waals surface area contributed by atoms with E-state index in [1.807, 2.05) is 33.7 Å². The Bertz CT molecular complexity index is 699. The van der Waals surface area contributed by atoms with E-state index in [4.69, 9.17) is 4.74 Å². The van der Waals surface area contributed by atoms with Crippen molar-refractivity contribution in [2.75, 3.05) is 19.7 Å². The molecule has 2 aromatic rings. The Morgan fingerprint density at radius 2 is 2.23 bits per heavy atom. The van der Waals surface area contributed by atoms with Crippen LogP contribution in [0.15, 0.2) is 30.6 Å². The highest BCUT2D eigenvalue weighted by molar-refractivity contribution is 5.84. The van der Waals surface area contributed by atoms with E-state index in [9.17, 15) is 4.79 Å². The molecule has 0 aliphatic carbocycles. The standard InChI is InChI=1S/C15H17N5O2/c21-15(19-6-7-20-10-17-18-13(20)9-19)14-11-3-1-2-4-12(11)22-8-5-16-14/h1-4,10,14,16H,5-9H2. The molecule has 1 atom stereocenters. The van der Waals surface area contributed by atoms with Crippen LogP contribution in [0.2, 0.25) is 0 Å². The molecule has 7 nitrogen and oxygen atoms in total. The van der Waals surface area contributed by atoms with Crippen molar-refractivity contribution in [2.45, 2.75) is 19.1 Å². The molecule has 1 aromatic carbocycles. The van der Waals surface area contributed by atoms with E-state index in [-0.39, 0.29) is 11.9 Å². The number of para-hydroxylation sites is 1. The van der Waals surface area contributed by atoms with Crippen molar-refractivity contribution >= 4 is 5.91 Å². The predicted molar refractivity (Wildman–Crippen MR) is 78.1 cm³/mol. The van der Waals surface area contributed by atoms with Crippen LogP contribution in [-0.4, -0.2) is 45.3 Å². The molecule has 22 heavy (non-hydrogen) atoms. The Balaban J connectivity index is 1.60. The van der Waals surface area contributed by atoms with E-state index >= 15 is 0 Å². The van der Waals surface area contributed by atoms with Gasteiger partial charge in [-0.3, -0.25) is 10.1 Å². The maximum absolute atomic E-state index is 13.0. The normalized spacial score (nSPS) is 20.5. The van der Waals surface area contributed by atoms with Crippen LogP contribution in [0, 0.1) is 0 Å². The van der Waals surface area contributed by atoms with Gasteiger partial charge < -0.3 is 14.2 Å². The maximum Gasteiger partial charge on any atom is 0.244 e. The van der Waals surface area contributed by atoms with Crippen molar-refractivity contribution in [1.82, 2.24) is 25.0 Å². The molecule has 0 spiro atoms. The molecular weight excluding hydrogens is 282 g/mol. The molecule has 2 aliphatic heterocycles. The molecule has 0 fully saturated rings. The minimum atomic E-state index is -0.367. The highest BCUT2D eigenvalue weighted by atomic mass is 16.5. The van der Waals surface area contributed by atoms with Gasteiger partial charge in [-0.15, -0.1) is 10.2 Å². The summed E-state index contributed by atoms with van der Waals surface area (Å²) in [4.78, 5) is 14.8. The van der Waals surface area contributed by atoms with Gasteiger partial charge in [0.25, 0.3) is 0 Å². The van der Waals surface area contributed by atoms with Crippen molar-refractivity contribution in [2.24, 2.45) is 0 Å². The number of hydrogen-bond acceptors (Lipinski definition) is 5. The molecule has 2 aliphatic rings. The van der Waals surface area contributed by atoms with Crippen molar-refractivity contribution in [3.05, 3.63) is 42.0 Å². The van der Waals surface area contributed by atoms with Gasteiger partial charge in [0, 0.05) is 25.2 Å². The smallest absolute Gasteiger partial charge is 0.244 e. The first-order valence-corrected chi connectivity index (χ1v) is 7.43. The number of ether oxygens (including phenoxy) is 1. The number of nitrogens with zero attached hydrogens (tertiary/aromatic N) is 4. The summed E-state index contributed by atoms with van der Waals surface area (Å²) >= 11 is 0. The molecule has 0 bridgehead atoms. The summed E-state index contributed by atoms with van der Waals surface area (Å²) < 4.78 is 7.69. The lowest BCUT2D eigenvalue weighted by Crippen LogP contribution is -2.44. The molecule has 3 heterocycles. The summed E-state index contributed by atoms with van der Waals surface area (Å²) in [5.41, 5.74) is 0.900. The summed E-state index contributed by atoms with van der Waals surface area (Å²) in [6, 6.07) is 7.35. The molecule has 4 rings (SSSR count). The number of carbonyl (C=O) groups excluding carboxylic acids is 1. The third-order valence-electron chi connectivity index (χ3n) is 4.14. The SMILES string of the molecule is O=C(C1NCCOc2ccccc21)N1CCn2cnnc2C1. The van der Waals surface area contributed by atoms with Gasteiger partial charge in [0.05, 0.1) is 6.54 Å². The van der Waals surface area contributed by atoms with Crippen molar-refractivity contribution in [3.63, 3.8) is 0 Å². The van der Waals surface area contributed by atoms with Gasteiger partial charge in [-0.1, -0.05) is 18.2 Å². The fraction of sp³-hybridized carbons (Fsp3) is 0.400. The predicted octanol–water partition coefficient (Wildman–Crippen LogP) is 0.344. The molecule has 1 N–H and O–H groups in total. The molecule has 1 aromatic heterocycles. The summed E-state index contributed by atoms with van der Waals surface area (Å²) in [5, 5.41) is 11.3. The molecule has 0 saturated carbocycles. The minimum Gasteiger partial charge on any atom is -0.492 e. The van der Waals surface area contributed by atoms with E-state index in [0.29, 0.717) is 26.2 Å². The molecule has 0 saturated heterocycles. The first-order chi connectivity index (χ1) is 10.8. The molecule has 7 heteroatoms. The maximum atomic E-state index is 13.0. The Hall–Kier alpha value is -2.41. The molecule has 1 unspecified atom stereocenters. The van der Waals surface area contributed by atoms with Gasteiger partial charge in [0.2, 0.25) is 5.91 Å². The second-order valence-corrected chi connectivity index (χ2v) is 5.47. The van der Waals surface area contributed by atoms with Crippen molar-refractivity contribution < 1.29 is 9.53 Å². The number of fused-ring (bicyclic) bond motifs is 2. The molecule has 1 amide bonds. The van der Waals surface area contributed by atoms with Crippen LogP contribution in [0.25, 0.3) is 0 Å². The monoisotopic (exact) mass is 299 g/mol. The average molecular weight is 299 g/mol. The number of nitrogens with one attached hydrogen (secondary N) is 1. The summed E-state index contributed by atoms with van der Waals surface area (Å²) in [7, 11) is 0. The largest absolute Gasteiger partial charge is 0.492 e. The number of amides is 1. The van der Waals surface area contributed by atoms with Gasteiger partial charge in [-0.2, -0.15) is 0 Å². The zero-order chi connectivity index (χ0) is 14.9. The number of carbonyl (C=O) groups is 1. The first kappa shape index (κ1) is 13.3. The van der Waals surface area contributed by atoms with Gasteiger partial charge in [-0.05, 0) is 6.07 Å². The second-order valence-electron chi connectivity index (χ2n) is 5.47. The summed E-state index contributed by atoms with van der Waals surface area (Å²) in [6.45, 7) is 3.12.